The maximum Gasteiger partial charge on any atom is 0.353 e. The second-order valence-electron chi connectivity index (χ2n) is 6.01. The van der Waals surface area contributed by atoms with Gasteiger partial charge in [-0.25, -0.2) is 15.0 Å². The van der Waals surface area contributed by atoms with E-state index in [-0.39, 0.29) is 17.3 Å². The Morgan fingerprint density at radius 1 is 1.21 bits per heavy atom. The van der Waals surface area contributed by atoms with E-state index in [1.807, 2.05) is 31.2 Å². The van der Waals surface area contributed by atoms with Crippen molar-refractivity contribution in [3.8, 4) is 0 Å². The van der Waals surface area contributed by atoms with Crippen LogP contribution in [0.5, 0.6) is 0 Å². The quantitative estimate of drug-likeness (QED) is 0.372. The predicted molar refractivity (Wildman–Crippen MR) is 108 cm³/mol. The van der Waals surface area contributed by atoms with Gasteiger partial charge in [-0.05, 0) is 36.2 Å². The van der Waals surface area contributed by atoms with Gasteiger partial charge < -0.3 is 10.6 Å². The van der Waals surface area contributed by atoms with Crippen LogP contribution in [0, 0.1) is 17.0 Å². The number of nitro groups is 1. The molecule has 0 saturated heterocycles. The molecule has 0 unspecified atom stereocenters. The molecule has 4 aromatic rings. The van der Waals surface area contributed by atoms with Gasteiger partial charge in [-0.2, -0.15) is 0 Å². The first-order chi connectivity index (χ1) is 13.6. The van der Waals surface area contributed by atoms with Gasteiger partial charge in [0.25, 0.3) is 0 Å². The fourth-order valence-electron chi connectivity index (χ4n) is 2.65. The van der Waals surface area contributed by atoms with Crippen LogP contribution in [0.25, 0.3) is 10.2 Å². The van der Waals surface area contributed by atoms with Gasteiger partial charge in [0.1, 0.15) is 6.33 Å². The van der Waals surface area contributed by atoms with Crippen LogP contribution in [0.4, 0.5) is 22.5 Å². The van der Waals surface area contributed by atoms with Crippen molar-refractivity contribution in [3.63, 3.8) is 0 Å². The average Bonchev–Trinajstić information content (AvgIpc) is 3.08. The molecule has 3 aromatic heterocycles. The Labute approximate surface area is 163 Å². The first-order valence-electron chi connectivity index (χ1n) is 8.36. The summed E-state index contributed by atoms with van der Waals surface area (Å²) in [7, 11) is 0. The van der Waals surface area contributed by atoms with Crippen molar-refractivity contribution in [1.29, 1.82) is 0 Å². The molecule has 1 aromatic carbocycles. The van der Waals surface area contributed by atoms with Crippen molar-refractivity contribution in [1.82, 2.24) is 19.9 Å². The Morgan fingerprint density at radius 3 is 2.86 bits per heavy atom. The van der Waals surface area contributed by atoms with Gasteiger partial charge in [-0.3, -0.25) is 15.1 Å². The predicted octanol–water partition coefficient (Wildman–Crippen LogP) is 4.05. The number of nitrogens with zero attached hydrogens (tertiary/aromatic N) is 5. The molecule has 0 aliphatic heterocycles. The number of benzene rings is 1. The van der Waals surface area contributed by atoms with E-state index in [1.165, 1.54) is 17.7 Å². The zero-order valence-electron chi connectivity index (χ0n) is 14.8. The Kier molecular flexibility index (Phi) is 4.77. The van der Waals surface area contributed by atoms with E-state index in [0.29, 0.717) is 11.7 Å². The highest BCUT2D eigenvalue weighted by molar-refractivity contribution is 7.22. The van der Waals surface area contributed by atoms with Crippen LogP contribution in [0.1, 0.15) is 11.1 Å². The lowest BCUT2D eigenvalue weighted by molar-refractivity contribution is -0.383. The molecular formula is C18H15N7O2S. The molecule has 0 aliphatic rings. The highest BCUT2D eigenvalue weighted by Gasteiger charge is 2.23. The molecule has 10 heteroatoms. The monoisotopic (exact) mass is 393 g/mol. The summed E-state index contributed by atoms with van der Waals surface area (Å²) >= 11 is 1.41. The van der Waals surface area contributed by atoms with E-state index in [4.69, 9.17) is 0 Å². The molecule has 3 heterocycles. The van der Waals surface area contributed by atoms with Gasteiger partial charge in [0.2, 0.25) is 11.6 Å². The summed E-state index contributed by atoms with van der Waals surface area (Å²) in [6.07, 6.45) is 4.62. The van der Waals surface area contributed by atoms with Gasteiger partial charge in [0.05, 0.1) is 15.1 Å². The van der Waals surface area contributed by atoms with E-state index in [0.717, 1.165) is 21.3 Å². The lowest BCUT2D eigenvalue weighted by atomic mass is 10.2. The highest BCUT2D eigenvalue weighted by Crippen LogP contribution is 2.34. The lowest BCUT2D eigenvalue weighted by Crippen LogP contribution is -2.08. The number of nitrogens with one attached hydrogen (secondary N) is 2. The van der Waals surface area contributed by atoms with Crippen LogP contribution in [-0.4, -0.2) is 24.9 Å². The molecule has 0 radical (unpaired) electrons. The van der Waals surface area contributed by atoms with Crippen molar-refractivity contribution >= 4 is 44.0 Å². The van der Waals surface area contributed by atoms with Crippen molar-refractivity contribution in [2.75, 3.05) is 10.6 Å². The molecule has 28 heavy (non-hydrogen) atoms. The fraction of sp³-hybridized carbons (Fsp3) is 0.111. The first kappa shape index (κ1) is 17.7. The van der Waals surface area contributed by atoms with E-state index in [9.17, 15) is 10.1 Å². The summed E-state index contributed by atoms with van der Waals surface area (Å²) < 4.78 is 0.995. The molecule has 9 nitrogen and oxygen atoms in total. The largest absolute Gasteiger partial charge is 0.360 e. The van der Waals surface area contributed by atoms with Crippen molar-refractivity contribution < 1.29 is 4.92 Å². The smallest absolute Gasteiger partial charge is 0.353 e. The number of rotatable bonds is 6. The van der Waals surface area contributed by atoms with Crippen LogP contribution in [-0.2, 0) is 6.54 Å². The second kappa shape index (κ2) is 7.53. The maximum atomic E-state index is 11.7. The van der Waals surface area contributed by atoms with Gasteiger partial charge >= 0.3 is 5.69 Å². The molecular weight excluding hydrogens is 378 g/mol. The summed E-state index contributed by atoms with van der Waals surface area (Å²) in [5, 5.41) is 18.2. The minimum atomic E-state index is -0.509. The van der Waals surface area contributed by atoms with Crippen molar-refractivity contribution in [3.05, 3.63) is 70.3 Å². The summed E-state index contributed by atoms with van der Waals surface area (Å²) in [5.41, 5.74) is 2.59. The maximum absolute atomic E-state index is 11.7. The number of fused-ring (bicyclic) bond motifs is 1. The van der Waals surface area contributed by atoms with E-state index in [2.05, 4.69) is 30.6 Å². The summed E-state index contributed by atoms with van der Waals surface area (Å²) in [6.45, 7) is 2.35. The number of hydrogen-bond acceptors (Lipinski definition) is 9. The molecule has 140 valence electrons. The van der Waals surface area contributed by atoms with E-state index >= 15 is 0 Å². The van der Waals surface area contributed by atoms with Crippen LogP contribution in [0.2, 0.25) is 0 Å². The molecule has 0 aliphatic carbocycles. The van der Waals surface area contributed by atoms with Crippen LogP contribution in [0.3, 0.4) is 0 Å². The zero-order chi connectivity index (χ0) is 19.5. The standard InChI is InChI=1S/C18H15N7O2S/c1-11-4-5-13-14(7-11)28-18(23-13)24-17-15(25(26)27)16(21-10-22-17)20-9-12-3-2-6-19-8-12/h2-8,10H,9H2,1H3,(H2,20,21,22,23,24). The number of anilines is 3. The van der Waals surface area contributed by atoms with Crippen LogP contribution in [0.15, 0.2) is 49.1 Å². The molecule has 0 spiro atoms. The third kappa shape index (κ3) is 3.71. The Balaban J connectivity index is 1.63. The van der Waals surface area contributed by atoms with Crippen molar-refractivity contribution in [2.24, 2.45) is 0 Å². The lowest BCUT2D eigenvalue weighted by Gasteiger charge is -2.08. The Morgan fingerprint density at radius 2 is 2.07 bits per heavy atom. The second-order valence-corrected chi connectivity index (χ2v) is 7.04. The van der Waals surface area contributed by atoms with E-state index in [1.54, 1.807) is 18.5 Å². The fourth-order valence-corrected chi connectivity index (χ4v) is 3.61. The SMILES string of the molecule is Cc1ccc2nc(Nc3ncnc(NCc4cccnc4)c3[N+](=O)[O-])sc2c1. The number of aryl methyl sites for hydroxylation is 1. The number of thiazole rings is 1. The normalized spacial score (nSPS) is 10.8. The number of aromatic nitrogens is 4. The van der Waals surface area contributed by atoms with Gasteiger partial charge in [-0.1, -0.05) is 23.5 Å². The van der Waals surface area contributed by atoms with Gasteiger partial charge in [-0.15, -0.1) is 0 Å². The number of pyridine rings is 1. The third-order valence-electron chi connectivity index (χ3n) is 3.96. The molecule has 0 amide bonds. The molecule has 0 fully saturated rings. The van der Waals surface area contributed by atoms with Crippen molar-refractivity contribution in [2.45, 2.75) is 13.5 Å². The van der Waals surface area contributed by atoms with Gasteiger partial charge in [0.15, 0.2) is 5.13 Å². The summed E-state index contributed by atoms with van der Waals surface area (Å²) in [6, 6.07) is 9.58. The topological polar surface area (TPSA) is 119 Å². The third-order valence-corrected chi connectivity index (χ3v) is 4.89. The minimum Gasteiger partial charge on any atom is -0.360 e. The minimum absolute atomic E-state index is 0.0875. The zero-order valence-corrected chi connectivity index (χ0v) is 15.6. The Hall–Kier alpha value is -3.66. The number of hydrogen-bond donors (Lipinski definition) is 2. The molecule has 0 atom stereocenters. The molecule has 4 rings (SSSR count). The van der Waals surface area contributed by atoms with Crippen LogP contribution < -0.4 is 10.6 Å². The summed E-state index contributed by atoms with van der Waals surface area (Å²) in [5.74, 6) is 0.216. The molecule has 2 N–H and O–H groups in total. The van der Waals surface area contributed by atoms with Crippen LogP contribution >= 0.6 is 11.3 Å². The average molecular weight is 393 g/mol. The molecule has 0 saturated carbocycles. The van der Waals surface area contributed by atoms with Gasteiger partial charge in [0, 0.05) is 18.9 Å². The highest BCUT2D eigenvalue weighted by atomic mass is 32.1. The van der Waals surface area contributed by atoms with E-state index < -0.39 is 4.92 Å². The first-order valence-corrected chi connectivity index (χ1v) is 9.18. The molecule has 0 bridgehead atoms. The Bertz CT molecular complexity index is 1150. The summed E-state index contributed by atoms with van der Waals surface area (Å²) in [4.78, 5) is 27.7.